The minimum absolute atomic E-state index is 0.0288. The standard InChI is InChI=1S/C44H57N7O6S/c1-10-19-50(42(53)30(24(2)3)15-18-37(52)56-8)27(7)40-45-31-17-14-29(23-34(31)47-40)39-26(6)21-36(58-39)28-13-16-32-33(22-28)48-41(46-32)35-12-11-20-51(35)43(54)38(25(4)5)49-44(55)57-9/h13-14,16-17,21-25,27,30,35,38H,10-12,15,18-20H2,1-9H3,(H,45,47)(H,46,48)(H,49,55). The van der Waals surface area contributed by atoms with E-state index in [2.05, 4.69) is 59.5 Å². The van der Waals surface area contributed by atoms with Crippen LogP contribution >= 0.6 is 11.3 Å². The Labute approximate surface area is 344 Å². The van der Waals surface area contributed by atoms with E-state index in [0.29, 0.717) is 19.5 Å². The highest BCUT2D eigenvalue weighted by Crippen LogP contribution is 2.40. The Morgan fingerprint density at radius 2 is 1.62 bits per heavy atom. The predicted octanol–water partition coefficient (Wildman–Crippen LogP) is 8.71. The van der Waals surface area contributed by atoms with Crippen LogP contribution < -0.4 is 5.32 Å². The normalized spacial score (nSPS) is 15.9. The highest BCUT2D eigenvalue weighted by Gasteiger charge is 2.38. The summed E-state index contributed by atoms with van der Waals surface area (Å²) in [5.41, 5.74) is 6.75. The Morgan fingerprint density at radius 3 is 2.29 bits per heavy atom. The summed E-state index contributed by atoms with van der Waals surface area (Å²) < 4.78 is 9.63. The lowest BCUT2D eigenvalue weighted by molar-refractivity contribution is -0.143. The number of alkyl carbamates (subject to hydrolysis) is 1. The topological polar surface area (TPSA) is 163 Å². The van der Waals surface area contributed by atoms with Crippen LogP contribution in [-0.4, -0.2) is 87.0 Å². The van der Waals surface area contributed by atoms with Crippen LogP contribution in [0.3, 0.4) is 0 Å². The molecular formula is C44H57N7O6S. The molecule has 4 unspecified atom stereocenters. The molecule has 4 atom stereocenters. The molecule has 58 heavy (non-hydrogen) atoms. The maximum absolute atomic E-state index is 14.0. The number of imidazole rings is 2. The summed E-state index contributed by atoms with van der Waals surface area (Å²) in [4.78, 5) is 74.5. The maximum Gasteiger partial charge on any atom is 0.407 e. The van der Waals surface area contributed by atoms with Crippen molar-refractivity contribution in [2.45, 2.75) is 98.7 Å². The van der Waals surface area contributed by atoms with Gasteiger partial charge in [0, 0.05) is 35.2 Å². The van der Waals surface area contributed by atoms with Crippen molar-refractivity contribution in [3.8, 4) is 20.9 Å². The zero-order valence-corrected chi connectivity index (χ0v) is 35.9. The number of hydrogen-bond donors (Lipinski definition) is 3. The minimum atomic E-state index is -0.694. The van der Waals surface area contributed by atoms with Gasteiger partial charge < -0.3 is 34.6 Å². The van der Waals surface area contributed by atoms with Gasteiger partial charge >= 0.3 is 12.1 Å². The summed E-state index contributed by atoms with van der Waals surface area (Å²) in [6, 6.07) is 13.5. The fourth-order valence-electron chi connectivity index (χ4n) is 8.03. The number of carbonyl (C=O) groups is 4. The van der Waals surface area contributed by atoms with Crippen LogP contribution in [0.15, 0.2) is 42.5 Å². The first-order valence-corrected chi connectivity index (χ1v) is 21.2. The summed E-state index contributed by atoms with van der Waals surface area (Å²) in [5, 5.41) is 2.71. The molecule has 3 aromatic heterocycles. The second-order valence-corrected chi connectivity index (χ2v) is 17.1. The Bertz CT molecular complexity index is 2270. The van der Waals surface area contributed by atoms with Crippen molar-refractivity contribution in [1.29, 1.82) is 0 Å². The van der Waals surface area contributed by atoms with Crippen LogP contribution in [-0.2, 0) is 23.9 Å². The number of ether oxygens (including phenoxy) is 2. The number of H-pyrrole nitrogens is 2. The van der Waals surface area contributed by atoms with E-state index in [1.165, 1.54) is 14.2 Å². The first-order chi connectivity index (χ1) is 27.7. The van der Waals surface area contributed by atoms with Crippen molar-refractivity contribution < 1.29 is 28.7 Å². The number of amides is 3. The summed E-state index contributed by atoms with van der Waals surface area (Å²) in [7, 11) is 2.67. The number of aryl methyl sites for hydroxylation is 1. The molecule has 14 heteroatoms. The fourth-order valence-corrected chi connectivity index (χ4v) is 9.19. The average Bonchev–Trinajstić information content (AvgIpc) is 4.02. The Balaban J connectivity index is 1.21. The van der Waals surface area contributed by atoms with Crippen molar-refractivity contribution in [2.24, 2.45) is 17.8 Å². The van der Waals surface area contributed by atoms with E-state index in [-0.39, 0.29) is 54.0 Å². The number of likely N-dealkylation sites (tertiary alicyclic amines) is 1. The molecule has 3 amide bonds. The van der Waals surface area contributed by atoms with Crippen molar-refractivity contribution in [3.63, 3.8) is 0 Å². The molecule has 6 rings (SSSR count). The quantitative estimate of drug-likeness (QED) is 0.0885. The number of aromatic amines is 2. The zero-order valence-electron chi connectivity index (χ0n) is 35.1. The molecule has 13 nitrogen and oxygen atoms in total. The molecular weight excluding hydrogens is 755 g/mol. The number of aromatic nitrogens is 4. The van der Waals surface area contributed by atoms with Crippen molar-refractivity contribution >= 4 is 57.3 Å². The van der Waals surface area contributed by atoms with Crippen LogP contribution in [0.2, 0.25) is 0 Å². The van der Waals surface area contributed by atoms with Gasteiger partial charge in [-0.1, -0.05) is 46.8 Å². The molecule has 4 heterocycles. The third-order valence-electron chi connectivity index (χ3n) is 11.3. The second kappa shape index (κ2) is 18.1. The number of rotatable bonds is 15. The summed E-state index contributed by atoms with van der Waals surface area (Å²) in [5.74, 6) is 0.710. The number of methoxy groups -OCH3 is 2. The fraction of sp³-hybridized carbons (Fsp3) is 0.500. The van der Waals surface area contributed by atoms with Crippen molar-refractivity contribution in [3.05, 3.63) is 59.7 Å². The second-order valence-electron chi connectivity index (χ2n) is 16.1. The van der Waals surface area contributed by atoms with E-state index in [9.17, 15) is 19.2 Å². The SMILES string of the molecule is CCCN(C(=O)C(CCC(=O)OC)C(C)C)C(C)c1nc2ccc(-c3sc(-c4ccc5nc(C6CCCN6C(=O)C(NC(=O)OC)C(C)C)[nH]c5c4)cc3C)cc2[nH]1. The molecule has 1 saturated heterocycles. The lowest BCUT2D eigenvalue weighted by Gasteiger charge is -2.33. The van der Waals surface area contributed by atoms with E-state index in [4.69, 9.17) is 19.4 Å². The van der Waals surface area contributed by atoms with Crippen LogP contribution in [0.1, 0.15) is 103 Å². The van der Waals surface area contributed by atoms with E-state index in [1.807, 2.05) is 56.6 Å². The number of hydrogen-bond acceptors (Lipinski definition) is 9. The number of esters is 1. The molecule has 3 N–H and O–H groups in total. The van der Waals surface area contributed by atoms with Gasteiger partial charge in [-0.25, -0.2) is 14.8 Å². The van der Waals surface area contributed by atoms with Gasteiger partial charge in [-0.05, 0) is 98.4 Å². The van der Waals surface area contributed by atoms with Crippen molar-refractivity contribution in [2.75, 3.05) is 27.3 Å². The lowest BCUT2D eigenvalue weighted by atomic mass is 9.89. The van der Waals surface area contributed by atoms with Gasteiger partial charge in [-0.15, -0.1) is 11.3 Å². The van der Waals surface area contributed by atoms with Gasteiger partial charge in [0.1, 0.15) is 17.7 Å². The third-order valence-corrected chi connectivity index (χ3v) is 12.7. The summed E-state index contributed by atoms with van der Waals surface area (Å²) in [6.45, 7) is 15.2. The molecule has 310 valence electrons. The largest absolute Gasteiger partial charge is 0.469 e. The maximum atomic E-state index is 14.0. The van der Waals surface area contributed by atoms with Gasteiger partial charge in [0.15, 0.2) is 0 Å². The summed E-state index contributed by atoms with van der Waals surface area (Å²) in [6.07, 6.45) is 2.45. The molecule has 1 fully saturated rings. The summed E-state index contributed by atoms with van der Waals surface area (Å²) >= 11 is 1.72. The van der Waals surface area contributed by atoms with Gasteiger partial charge in [-0.2, -0.15) is 0 Å². The van der Waals surface area contributed by atoms with Crippen LogP contribution in [0.4, 0.5) is 4.79 Å². The smallest absolute Gasteiger partial charge is 0.407 e. The molecule has 5 aromatic rings. The van der Waals surface area contributed by atoms with E-state index >= 15 is 0 Å². The first-order valence-electron chi connectivity index (χ1n) is 20.4. The monoisotopic (exact) mass is 811 g/mol. The number of benzene rings is 2. The van der Waals surface area contributed by atoms with Crippen LogP contribution in [0, 0.1) is 24.7 Å². The Morgan fingerprint density at radius 1 is 0.931 bits per heavy atom. The van der Waals surface area contributed by atoms with Gasteiger partial charge in [0.25, 0.3) is 0 Å². The number of nitrogens with zero attached hydrogens (tertiary/aromatic N) is 4. The molecule has 0 bridgehead atoms. The first kappa shape index (κ1) is 42.4. The van der Waals surface area contributed by atoms with Gasteiger partial charge in [-0.3, -0.25) is 14.4 Å². The highest BCUT2D eigenvalue weighted by atomic mass is 32.1. The minimum Gasteiger partial charge on any atom is -0.469 e. The third kappa shape index (κ3) is 8.91. The molecule has 1 aliphatic rings. The van der Waals surface area contributed by atoms with E-state index < -0.39 is 12.1 Å². The number of thiophene rings is 1. The molecule has 1 aliphatic heterocycles. The van der Waals surface area contributed by atoms with E-state index in [0.717, 1.165) is 79.4 Å². The lowest BCUT2D eigenvalue weighted by Crippen LogP contribution is -2.51. The van der Waals surface area contributed by atoms with Crippen molar-refractivity contribution in [1.82, 2.24) is 35.1 Å². The number of nitrogens with one attached hydrogen (secondary N) is 3. The van der Waals surface area contributed by atoms with Crippen LogP contribution in [0.25, 0.3) is 42.9 Å². The molecule has 0 spiro atoms. The average molecular weight is 812 g/mol. The number of carbonyl (C=O) groups excluding carboxylic acids is 4. The molecule has 2 aromatic carbocycles. The predicted molar refractivity (Wildman–Crippen MR) is 227 cm³/mol. The molecule has 0 radical (unpaired) electrons. The van der Waals surface area contributed by atoms with Crippen LogP contribution in [0.5, 0.6) is 0 Å². The molecule has 0 saturated carbocycles. The Hall–Kier alpha value is -5.24. The van der Waals surface area contributed by atoms with Gasteiger partial charge in [0.05, 0.1) is 48.4 Å². The Kier molecular flexibility index (Phi) is 13.2. The highest BCUT2D eigenvalue weighted by molar-refractivity contribution is 7.19. The molecule has 0 aliphatic carbocycles. The zero-order chi connectivity index (χ0) is 41.8. The number of fused-ring (bicyclic) bond motifs is 2. The van der Waals surface area contributed by atoms with E-state index in [1.54, 1.807) is 11.3 Å². The van der Waals surface area contributed by atoms with Gasteiger partial charge in [0.2, 0.25) is 11.8 Å².